The van der Waals surface area contributed by atoms with E-state index in [-0.39, 0.29) is 5.78 Å². The lowest BCUT2D eigenvalue weighted by molar-refractivity contribution is 0.103. The van der Waals surface area contributed by atoms with E-state index in [9.17, 15) is 4.79 Å². The van der Waals surface area contributed by atoms with Gasteiger partial charge in [0, 0.05) is 19.4 Å². The van der Waals surface area contributed by atoms with Crippen molar-refractivity contribution in [1.82, 2.24) is 19.7 Å². The molecule has 5 heteroatoms. The number of hydrogen-bond donors (Lipinski definition) is 0. The van der Waals surface area contributed by atoms with E-state index < -0.39 is 0 Å². The van der Waals surface area contributed by atoms with Crippen LogP contribution < -0.4 is 0 Å². The molecule has 0 aliphatic carbocycles. The first-order chi connectivity index (χ1) is 6.77. The van der Waals surface area contributed by atoms with Gasteiger partial charge in [0.25, 0.3) is 0 Å². The van der Waals surface area contributed by atoms with E-state index in [4.69, 9.17) is 0 Å². The molecule has 0 aromatic carbocycles. The van der Waals surface area contributed by atoms with E-state index in [0.29, 0.717) is 11.3 Å². The lowest BCUT2D eigenvalue weighted by Crippen LogP contribution is -2.02. The number of rotatable bonds is 2. The van der Waals surface area contributed by atoms with Crippen LogP contribution in [-0.4, -0.2) is 25.5 Å². The predicted octanol–water partition coefficient (Wildman–Crippen LogP) is 0.441. The second-order valence-electron chi connectivity index (χ2n) is 2.83. The molecule has 2 heterocycles. The van der Waals surface area contributed by atoms with Gasteiger partial charge < -0.3 is 0 Å². The zero-order valence-corrected chi connectivity index (χ0v) is 7.58. The Kier molecular flexibility index (Phi) is 2.06. The molecule has 0 aliphatic rings. The molecule has 0 bridgehead atoms. The summed E-state index contributed by atoms with van der Waals surface area (Å²) < 4.78 is 1.58. The van der Waals surface area contributed by atoms with Crippen LogP contribution in [-0.2, 0) is 7.05 Å². The Bertz CT molecular complexity index is 449. The zero-order chi connectivity index (χ0) is 9.97. The third kappa shape index (κ3) is 1.52. The smallest absolute Gasteiger partial charge is 0.214 e. The van der Waals surface area contributed by atoms with E-state index in [0.717, 1.165) is 0 Å². The van der Waals surface area contributed by atoms with Gasteiger partial charge in [-0.05, 0) is 6.07 Å². The van der Waals surface area contributed by atoms with Gasteiger partial charge in [-0.25, -0.2) is 9.97 Å². The van der Waals surface area contributed by atoms with E-state index >= 15 is 0 Å². The molecule has 14 heavy (non-hydrogen) atoms. The third-order valence-electron chi connectivity index (χ3n) is 1.78. The van der Waals surface area contributed by atoms with Crippen LogP contribution in [0.5, 0.6) is 0 Å². The molecule has 0 amide bonds. The summed E-state index contributed by atoms with van der Waals surface area (Å²) in [6.07, 6.45) is 6.06. The minimum absolute atomic E-state index is 0.138. The zero-order valence-electron chi connectivity index (χ0n) is 7.58. The van der Waals surface area contributed by atoms with E-state index in [2.05, 4.69) is 15.1 Å². The van der Waals surface area contributed by atoms with Gasteiger partial charge in [0.2, 0.25) is 5.78 Å². The Morgan fingerprint density at radius 3 is 2.93 bits per heavy atom. The van der Waals surface area contributed by atoms with Crippen molar-refractivity contribution in [2.24, 2.45) is 7.05 Å². The van der Waals surface area contributed by atoms with Crippen LogP contribution in [0.15, 0.2) is 31.0 Å². The molecule has 0 saturated carbocycles. The molecule has 2 rings (SSSR count). The highest BCUT2D eigenvalue weighted by atomic mass is 16.1. The number of carbonyl (C=O) groups excluding carboxylic acids is 1. The van der Waals surface area contributed by atoms with Gasteiger partial charge in [-0.15, -0.1) is 0 Å². The predicted molar refractivity (Wildman–Crippen MR) is 48.7 cm³/mol. The summed E-state index contributed by atoms with van der Waals surface area (Å²) in [5.74, 6) is -0.138. The molecular weight excluding hydrogens is 180 g/mol. The Morgan fingerprint density at radius 2 is 2.36 bits per heavy atom. The Balaban J connectivity index is 2.34. The maximum Gasteiger partial charge on any atom is 0.214 e. The van der Waals surface area contributed by atoms with Gasteiger partial charge in [-0.3, -0.25) is 9.48 Å². The Morgan fingerprint density at radius 1 is 1.50 bits per heavy atom. The molecule has 0 spiro atoms. The maximum atomic E-state index is 11.7. The number of nitrogens with zero attached hydrogens (tertiary/aromatic N) is 4. The van der Waals surface area contributed by atoms with Crippen LogP contribution in [0, 0.1) is 0 Å². The minimum Gasteiger partial charge on any atom is -0.287 e. The minimum atomic E-state index is -0.138. The molecule has 2 aromatic rings. The molecule has 0 fully saturated rings. The second kappa shape index (κ2) is 3.37. The maximum absolute atomic E-state index is 11.7. The molecule has 0 radical (unpaired) electrons. The van der Waals surface area contributed by atoms with E-state index in [1.165, 1.54) is 18.7 Å². The van der Waals surface area contributed by atoms with Crippen LogP contribution >= 0.6 is 0 Å². The van der Waals surface area contributed by atoms with Gasteiger partial charge in [0.05, 0.1) is 11.8 Å². The van der Waals surface area contributed by atoms with Gasteiger partial charge in [0.1, 0.15) is 12.0 Å². The molecule has 0 aliphatic heterocycles. The largest absolute Gasteiger partial charge is 0.287 e. The molecular formula is C9H8N4O. The second-order valence-corrected chi connectivity index (χ2v) is 2.83. The highest BCUT2D eigenvalue weighted by Gasteiger charge is 2.11. The van der Waals surface area contributed by atoms with Crippen molar-refractivity contribution in [3.05, 3.63) is 42.2 Å². The van der Waals surface area contributed by atoms with Gasteiger partial charge in [-0.2, -0.15) is 5.10 Å². The topological polar surface area (TPSA) is 60.7 Å². The van der Waals surface area contributed by atoms with Crippen LogP contribution in [0.4, 0.5) is 0 Å². The lowest BCUT2D eigenvalue weighted by atomic mass is 10.2. The number of aryl methyl sites for hydroxylation is 1. The highest BCUT2D eigenvalue weighted by molar-refractivity contribution is 6.07. The summed E-state index contributed by atoms with van der Waals surface area (Å²) in [6, 6.07) is 1.58. The number of ketones is 1. The van der Waals surface area contributed by atoms with Gasteiger partial charge in [-0.1, -0.05) is 0 Å². The first-order valence-corrected chi connectivity index (χ1v) is 4.07. The molecule has 5 nitrogen and oxygen atoms in total. The highest BCUT2D eigenvalue weighted by Crippen LogP contribution is 2.04. The fraction of sp³-hybridized carbons (Fsp3) is 0.111. The van der Waals surface area contributed by atoms with Crippen molar-refractivity contribution in [2.45, 2.75) is 0 Å². The average molecular weight is 188 g/mol. The summed E-state index contributed by atoms with van der Waals surface area (Å²) in [6.45, 7) is 0. The summed E-state index contributed by atoms with van der Waals surface area (Å²) in [4.78, 5) is 19.3. The molecule has 0 saturated heterocycles. The van der Waals surface area contributed by atoms with Crippen molar-refractivity contribution >= 4 is 5.78 Å². The van der Waals surface area contributed by atoms with E-state index in [1.807, 2.05) is 0 Å². The van der Waals surface area contributed by atoms with Crippen molar-refractivity contribution in [3.8, 4) is 0 Å². The van der Waals surface area contributed by atoms with Gasteiger partial charge >= 0.3 is 0 Å². The van der Waals surface area contributed by atoms with Crippen molar-refractivity contribution in [3.63, 3.8) is 0 Å². The van der Waals surface area contributed by atoms with Crippen LogP contribution in [0.1, 0.15) is 16.1 Å². The third-order valence-corrected chi connectivity index (χ3v) is 1.78. The fourth-order valence-electron chi connectivity index (χ4n) is 1.11. The summed E-state index contributed by atoms with van der Waals surface area (Å²) in [5, 5.41) is 3.92. The van der Waals surface area contributed by atoms with Gasteiger partial charge in [0.15, 0.2) is 0 Å². The number of aromatic nitrogens is 4. The van der Waals surface area contributed by atoms with Crippen molar-refractivity contribution in [2.75, 3.05) is 0 Å². The molecule has 0 atom stereocenters. The van der Waals surface area contributed by atoms with Crippen molar-refractivity contribution < 1.29 is 4.79 Å². The number of hydrogen-bond acceptors (Lipinski definition) is 4. The molecule has 0 N–H and O–H groups in total. The Labute approximate surface area is 80.4 Å². The summed E-state index contributed by atoms with van der Waals surface area (Å²) in [7, 11) is 1.76. The quantitative estimate of drug-likeness (QED) is 0.641. The van der Waals surface area contributed by atoms with Crippen molar-refractivity contribution in [1.29, 1.82) is 0 Å². The average Bonchev–Trinajstić information content (AvgIpc) is 2.65. The normalized spacial score (nSPS) is 10.1. The van der Waals surface area contributed by atoms with Crippen LogP contribution in [0.3, 0.4) is 0 Å². The SMILES string of the molecule is Cn1cc(C(=O)c2ccncn2)cn1. The first kappa shape index (κ1) is 8.55. The van der Waals surface area contributed by atoms with E-state index in [1.54, 1.807) is 24.0 Å². The molecule has 70 valence electrons. The first-order valence-electron chi connectivity index (χ1n) is 4.07. The fourth-order valence-corrected chi connectivity index (χ4v) is 1.11. The lowest BCUT2D eigenvalue weighted by Gasteiger charge is -1.94. The van der Waals surface area contributed by atoms with Crippen LogP contribution in [0.25, 0.3) is 0 Å². The molecule has 2 aromatic heterocycles. The summed E-state index contributed by atoms with van der Waals surface area (Å²) >= 11 is 0. The van der Waals surface area contributed by atoms with Crippen LogP contribution in [0.2, 0.25) is 0 Å². The number of carbonyl (C=O) groups is 1. The standard InChI is InChI=1S/C9H8N4O/c1-13-5-7(4-12-13)9(14)8-2-3-10-6-11-8/h2-6H,1H3. The summed E-state index contributed by atoms with van der Waals surface area (Å²) in [5.41, 5.74) is 0.916. The Hall–Kier alpha value is -2.04. The monoisotopic (exact) mass is 188 g/mol. The molecule has 0 unspecified atom stereocenters.